The quantitative estimate of drug-likeness (QED) is 0.844. The summed E-state index contributed by atoms with van der Waals surface area (Å²) in [4.78, 5) is 4.82. The van der Waals surface area contributed by atoms with Gasteiger partial charge in [0.2, 0.25) is 0 Å². The van der Waals surface area contributed by atoms with E-state index in [9.17, 15) is 5.11 Å². The highest BCUT2D eigenvalue weighted by atomic mass is 16.5. The van der Waals surface area contributed by atoms with E-state index in [1.54, 1.807) is 7.11 Å². The van der Waals surface area contributed by atoms with Crippen LogP contribution in [0.1, 0.15) is 42.4 Å². The summed E-state index contributed by atoms with van der Waals surface area (Å²) in [6.45, 7) is 2.66. The standard InChI is InChI=1S/C18H26N4O2/c1-24-16-7-3-2-5-15(16)13-17-20-18(22(21-17)11-12-23)14-6-4-9-19-10-8-14/h2-3,5,7,14,19,23H,4,6,8-13H2,1H3/t14-/m1/s1. The summed E-state index contributed by atoms with van der Waals surface area (Å²) in [6.07, 6.45) is 3.97. The number of para-hydroxylation sites is 1. The van der Waals surface area contributed by atoms with Crippen LogP contribution in [-0.2, 0) is 13.0 Å². The minimum absolute atomic E-state index is 0.0788. The second-order valence-corrected chi connectivity index (χ2v) is 6.20. The van der Waals surface area contributed by atoms with Gasteiger partial charge in [-0.15, -0.1) is 0 Å². The summed E-state index contributed by atoms with van der Waals surface area (Å²) in [7, 11) is 1.68. The van der Waals surface area contributed by atoms with Gasteiger partial charge in [-0.1, -0.05) is 18.2 Å². The summed E-state index contributed by atoms with van der Waals surface area (Å²) < 4.78 is 7.31. The van der Waals surface area contributed by atoms with Gasteiger partial charge >= 0.3 is 0 Å². The number of nitrogens with one attached hydrogen (secondary N) is 1. The highest BCUT2D eigenvalue weighted by molar-refractivity contribution is 5.35. The largest absolute Gasteiger partial charge is 0.496 e. The first-order valence-corrected chi connectivity index (χ1v) is 8.69. The Bertz CT molecular complexity index is 648. The van der Waals surface area contributed by atoms with Crippen molar-refractivity contribution in [2.45, 2.75) is 38.1 Å². The Morgan fingerprint density at radius 2 is 2.17 bits per heavy atom. The van der Waals surface area contributed by atoms with Crippen molar-refractivity contribution < 1.29 is 9.84 Å². The second-order valence-electron chi connectivity index (χ2n) is 6.20. The van der Waals surface area contributed by atoms with Crippen LogP contribution in [0.4, 0.5) is 0 Å². The predicted molar refractivity (Wildman–Crippen MR) is 92.4 cm³/mol. The molecule has 1 atom stereocenters. The molecule has 6 heteroatoms. The van der Waals surface area contributed by atoms with Gasteiger partial charge in [0.15, 0.2) is 5.82 Å². The maximum atomic E-state index is 9.36. The first-order valence-electron chi connectivity index (χ1n) is 8.69. The lowest BCUT2D eigenvalue weighted by Gasteiger charge is -2.13. The van der Waals surface area contributed by atoms with E-state index in [1.807, 2.05) is 28.9 Å². The number of methoxy groups -OCH3 is 1. The smallest absolute Gasteiger partial charge is 0.155 e. The predicted octanol–water partition coefficient (Wildman–Crippen LogP) is 1.73. The third kappa shape index (κ3) is 3.94. The molecule has 24 heavy (non-hydrogen) atoms. The Kier molecular flexibility index (Phi) is 5.82. The molecule has 2 aromatic rings. The molecule has 2 heterocycles. The molecule has 0 radical (unpaired) electrons. The number of rotatable bonds is 6. The second kappa shape index (κ2) is 8.26. The van der Waals surface area contributed by atoms with Crippen molar-refractivity contribution >= 4 is 0 Å². The molecule has 6 nitrogen and oxygen atoms in total. The van der Waals surface area contributed by atoms with Crippen LogP contribution in [-0.4, -0.2) is 46.7 Å². The number of nitrogens with zero attached hydrogens (tertiary/aromatic N) is 3. The molecule has 1 saturated heterocycles. The van der Waals surface area contributed by atoms with E-state index in [0.717, 1.165) is 55.3 Å². The van der Waals surface area contributed by atoms with Gasteiger partial charge < -0.3 is 15.2 Å². The van der Waals surface area contributed by atoms with E-state index in [4.69, 9.17) is 9.72 Å². The normalized spacial score (nSPS) is 18.3. The van der Waals surface area contributed by atoms with Gasteiger partial charge in [0.05, 0.1) is 20.3 Å². The number of aromatic nitrogens is 3. The van der Waals surface area contributed by atoms with E-state index < -0.39 is 0 Å². The number of benzene rings is 1. The van der Waals surface area contributed by atoms with Crippen LogP contribution in [0.15, 0.2) is 24.3 Å². The van der Waals surface area contributed by atoms with Crippen LogP contribution in [0.3, 0.4) is 0 Å². The van der Waals surface area contributed by atoms with Crippen molar-refractivity contribution in [2.24, 2.45) is 0 Å². The Morgan fingerprint density at radius 1 is 1.29 bits per heavy atom. The van der Waals surface area contributed by atoms with Crippen molar-refractivity contribution in [3.8, 4) is 5.75 Å². The zero-order valence-corrected chi connectivity index (χ0v) is 14.2. The van der Waals surface area contributed by atoms with Crippen molar-refractivity contribution in [3.63, 3.8) is 0 Å². The van der Waals surface area contributed by atoms with Crippen molar-refractivity contribution in [1.29, 1.82) is 0 Å². The number of aliphatic hydroxyl groups excluding tert-OH is 1. The van der Waals surface area contributed by atoms with Gasteiger partial charge in [-0.3, -0.25) is 0 Å². The maximum absolute atomic E-state index is 9.36. The van der Waals surface area contributed by atoms with Crippen LogP contribution in [0.25, 0.3) is 0 Å². The molecule has 0 aliphatic carbocycles. The average molecular weight is 330 g/mol. The molecular formula is C18H26N4O2. The Hall–Kier alpha value is -1.92. The zero-order chi connectivity index (χ0) is 16.8. The van der Waals surface area contributed by atoms with Crippen molar-refractivity contribution in [1.82, 2.24) is 20.1 Å². The number of aliphatic hydroxyl groups is 1. The molecule has 1 aromatic heterocycles. The molecule has 0 unspecified atom stereocenters. The van der Waals surface area contributed by atoms with Crippen molar-refractivity contribution in [2.75, 3.05) is 26.8 Å². The fourth-order valence-corrected chi connectivity index (χ4v) is 3.34. The zero-order valence-electron chi connectivity index (χ0n) is 14.2. The molecule has 1 aliphatic rings. The van der Waals surface area contributed by atoms with Crippen LogP contribution in [0, 0.1) is 0 Å². The fraction of sp³-hybridized carbons (Fsp3) is 0.556. The maximum Gasteiger partial charge on any atom is 0.155 e. The summed E-state index contributed by atoms with van der Waals surface area (Å²) in [5.41, 5.74) is 1.08. The van der Waals surface area contributed by atoms with E-state index >= 15 is 0 Å². The van der Waals surface area contributed by atoms with Gasteiger partial charge in [-0.25, -0.2) is 9.67 Å². The number of hydrogen-bond donors (Lipinski definition) is 2. The monoisotopic (exact) mass is 330 g/mol. The molecule has 1 aliphatic heterocycles. The SMILES string of the molecule is COc1ccccc1Cc1nc([C@@H]2CCCNCC2)n(CCO)n1. The molecule has 1 aromatic carbocycles. The third-order valence-electron chi connectivity index (χ3n) is 4.54. The van der Waals surface area contributed by atoms with Crippen LogP contribution < -0.4 is 10.1 Å². The summed E-state index contributed by atoms with van der Waals surface area (Å²) >= 11 is 0. The van der Waals surface area contributed by atoms with E-state index in [-0.39, 0.29) is 6.61 Å². The van der Waals surface area contributed by atoms with E-state index in [0.29, 0.717) is 18.9 Å². The van der Waals surface area contributed by atoms with Gasteiger partial charge in [0.1, 0.15) is 11.6 Å². The minimum Gasteiger partial charge on any atom is -0.496 e. The van der Waals surface area contributed by atoms with Crippen LogP contribution in [0.2, 0.25) is 0 Å². The van der Waals surface area contributed by atoms with Crippen molar-refractivity contribution in [3.05, 3.63) is 41.5 Å². The molecule has 0 saturated carbocycles. The fourth-order valence-electron chi connectivity index (χ4n) is 3.34. The topological polar surface area (TPSA) is 72.2 Å². The number of ether oxygens (including phenoxy) is 1. The average Bonchev–Trinajstić information content (AvgIpc) is 2.82. The molecular weight excluding hydrogens is 304 g/mol. The Morgan fingerprint density at radius 3 is 3.00 bits per heavy atom. The van der Waals surface area contributed by atoms with E-state index in [1.165, 1.54) is 0 Å². The van der Waals surface area contributed by atoms with Crippen LogP contribution in [0.5, 0.6) is 5.75 Å². The molecule has 1 fully saturated rings. The molecule has 0 spiro atoms. The van der Waals surface area contributed by atoms with Gasteiger partial charge in [0, 0.05) is 17.9 Å². The van der Waals surface area contributed by atoms with Gasteiger partial charge in [-0.2, -0.15) is 5.10 Å². The summed E-state index contributed by atoms with van der Waals surface area (Å²) in [6, 6.07) is 7.96. The Labute approximate surface area is 142 Å². The first kappa shape index (κ1) is 16.9. The molecule has 130 valence electrons. The lowest BCUT2D eigenvalue weighted by Crippen LogP contribution is -2.16. The molecule has 3 rings (SSSR count). The van der Waals surface area contributed by atoms with E-state index in [2.05, 4.69) is 10.4 Å². The number of hydrogen-bond acceptors (Lipinski definition) is 5. The van der Waals surface area contributed by atoms with Crippen LogP contribution >= 0.6 is 0 Å². The van der Waals surface area contributed by atoms with Gasteiger partial charge in [0.25, 0.3) is 0 Å². The highest BCUT2D eigenvalue weighted by Gasteiger charge is 2.21. The summed E-state index contributed by atoms with van der Waals surface area (Å²) in [5, 5.41) is 17.4. The first-order chi connectivity index (χ1) is 11.8. The summed E-state index contributed by atoms with van der Waals surface area (Å²) in [5.74, 6) is 3.07. The third-order valence-corrected chi connectivity index (χ3v) is 4.54. The molecule has 0 amide bonds. The lowest BCUT2D eigenvalue weighted by molar-refractivity contribution is 0.264. The Balaban J connectivity index is 1.84. The minimum atomic E-state index is 0.0788. The molecule has 2 N–H and O–H groups in total. The van der Waals surface area contributed by atoms with Gasteiger partial charge in [-0.05, 0) is 38.4 Å². The lowest BCUT2D eigenvalue weighted by atomic mass is 10.00. The molecule has 0 bridgehead atoms. The highest BCUT2D eigenvalue weighted by Crippen LogP contribution is 2.26.